The van der Waals surface area contributed by atoms with Crippen LogP contribution in [0.3, 0.4) is 0 Å². The normalized spacial score (nSPS) is 31.0. The minimum Gasteiger partial charge on any atom is -0.381 e. The van der Waals surface area contributed by atoms with Gasteiger partial charge in [-0.25, -0.2) is 0 Å². The number of para-hydroxylation sites is 1. The number of hydrogen-bond donors (Lipinski definition) is 1. The summed E-state index contributed by atoms with van der Waals surface area (Å²) in [6.45, 7) is 0. The first-order valence-corrected chi connectivity index (χ1v) is 4.80. The molecule has 0 unspecified atom stereocenters. The van der Waals surface area contributed by atoms with Gasteiger partial charge in [0.25, 0.3) is 0 Å². The molecule has 62 valence electrons. The van der Waals surface area contributed by atoms with E-state index in [1.165, 1.54) is 24.9 Å². The van der Waals surface area contributed by atoms with Crippen molar-refractivity contribution in [2.45, 2.75) is 31.2 Å². The van der Waals surface area contributed by atoms with Crippen LogP contribution in [0, 0.1) is 0 Å². The van der Waals surface area contributed by atoms with Crippen LogP contribution >= 0.6 is 0 Å². The van der Waals surface area contributed by atoms with Crippen LogP contribution in [0.2, 0.25) is 0 Å². The molecule has 0 bridgehead atoms. The summed E-state index contributed by atoms with van der Waals surface area (Å²) < 4.78 is 0. The van der Waals surface area contributed by atoms with Gasteiger partial charge in [0, 0.05) is 17.6 Å². The smallest absolute Gasteiger partial charge is 0.0378 e. The summed E-state index contributed by atoms with van der Waals surface area (Å²) in [7, 11) is 0. The lowest BCUT2D eigenvalue weighted by Crippen LogP contribution is -2.13. The molecule has 1 aliphatic heterocycles. The average Bonchev–Trinajstić information content (AvgIpc) is 2.62. The summed E-state index contributed by atoms with van der Waals surface area (Å²) in [6, 6.07) is 9.50. The Hall–Kier alpha value is -0.980. The van der Waals surface area contributed by atoms with Crippen molar-refractivity contribution >= 4 is 5.69 Å². The van der Waals surface area contributed by atoms with E-state index in [1.54, 1.807) is 5.56 Å². The van der Waals surface area contributed by atoms with Crippen LogP contribution in [0.4, 0.5) is 5.69 Å². The lowest BCUT2D eigenvalue weighted by molar-refractivity contribution is 0.689. The molecule has 1 heterocycles. The summed E-state index contributed by atoms with van der Waals surface area (Å²) in [5, 5.41) is 3.60. The highest BCUT2D eigenvalue weighted by Gasteiger charge is 2.34. The topological polar surface area (TPSA) is 12.0 Å². The van der Waals surface area contributed by atoms with E-state index >= 15 is 0 Å². The summed E-state index contributed by atoms with van der Waals surface area (Å²) in [4.78, 5) is 0. The molecule has 1 aromatic rings. The van der Waals surface area contributed by atoms with Crippen molar-refractivity contribution in [2.24, 2.45) is 0 Å². The van der Waals surface area contributed by atoms with Gasteiger partial charge in [-0.1, -0.05) is 24.6 Å². The molecule has 2 aliphatic rings. The first-order chi connectivity index (χ1) is 5.95. The predicted molar refractivity (Wildman–Crippen MR) is 50.4 cm³/mol. The van der Waals surface area contributed by atoms with Gasteiger partial charge in [0.15, 0.2) is 0 Å². The molecule has 1 aliphatic carbocycles. The summed E-state index contributed by atoms with van der Waals surface area (Å²) >= 11 is 0. The van der Waals surface area contributed by atoms with E-state index in [-0.39, 0.29) is 0 Å². The molecule has 0 saturated heterocycles. The van der Waals surface area contributed by atoms with Crippen molar-refractivity contribution in [1.82, 2.24) is 0 Å². The Balaban J connectivity index is 2.09. The van der Waals surface area contributed by atoms with Gasteiger partial charge in [0.05, 0.1) is 0 Å². The molecule has 0 amide bonds. The zero-order valence-electron chi connectivity index (χ0n) is 7.09. The lowest BCUT2D eigenvalue weighted by Gasteiger charge is -2.07. The Bertz CT molecular complexity index is 306. The SMILES string of the molecule is c1ccc2c(c1)N[C@@H]1CCC[C@@H]21. The van der Waals surface area contributed by atoms with Crippen LogP contribution in [0.25, 0.3) is 0 Å². The van der Waals surface area contributed by atoms with Gasteiger partial charge in [-0.2, -0.15) is 0 Å². The quantitative estimate of drug-likeness (QED) is 0.613. The van der Waals surface area contributed by atoms with E-state index in [4.69, 9.17) is 0 Å². The van der Waals surface area contributed by atoms with Crippen molar-refractivity contribution in [1.29, 1.82) is 0 Å². The monoisotopic (exact) mass is 159 g/mol. The van der Waals surface area contributed by atoms with Crippen molar-refractivity contribution < 1.29 is 0 Å². The molecule has 1 N–H and O–H groups in total. The summed E-state index contributed by atoms with van der Waals surface area (Å²) in [5.41, 5.74) is 2.94. The number of nitrogens with one attached hydrogen (secondary N) is 1. The molecule has 0 spiro atoms. The van der Waals surface area contributed by atoms with Crippen LogP contribution in [0.1, 0.15) is 30.7 Å². The summed E-state index contributed by atoms with van der Waals surface area (Å²) in [5.74, 6) is 0.821. The molecular weight excluding hydrogens is 146 g/mol. The largest absolute Gasteiger partial charge is 0.381 e. The first-order valence-electron chi connectivity index (χ1n) is 4.80. The molecule has 2 atom stereocenters. The number of fused-ring (bicyclic) bond motifs is 3. The zero-order chi connectivity index (χ0) is 7.97. The molecule has 1 heteroatoms. The maximum atomic E-state index is 3.60. The van der Waals surface area contributed by atoms with Gasteiger partial charge in [-0.15, -0.1) is 0 Å². The maximum absolute atomic E-state index is 3.60. The van der Waals surface area contributed by atoms with Crippen LogP contribution in [-0.4, -0.2) is 6.04 Å². The van der Waals surface area contributed by atoms with E-state index in [0.717, 1.165) is 12.0 Å². The second-order valence-corrected chi connectivity index (χ2v) is 3.88. The fourth-order valence-corrected chi connectivity index (χ4v) is 2.66. The van der Waals surface area contributed by atoms with Gasteiger partial charge >= 0.3 is 0 Å². The van der Waals surface area contributed by atoms with Crippen molar-refractivity contribution in [3.8, 4) is 0 Å². The van der Waals surface area contributed by atoms with E-state index < -0.39 is 0 Å². The van der Waals surface area contributed by atoms with Crippen LogP contribution in [0.15, 0.2) is 24.3 Å². The molecular formula is C11H13N. The second kappa shape index (κ2) is 2.25. The van der Waals surface area contributed by atoms with Crippen molar-refractivity contribution in [3.63, 3.8) is 0 Å². The van der Waals surface area contributed by atoms with E-state index in [9.17, 15) is 0 Å². The van der Waals surface area contributed by atoms with Gasteiger partial charge in [-0.3, -0.25) is 0 Å². The molecule has 1 fully saturated rings. The molecule has 0 aromatic heterocycles. The molecule has 1 saturated carbocycles. The Kier molecular flexibility index (Phi) is 1.23. The Morgan fingerprint density at radius 1 is 1.17 bits per heavy atom. The maximum Gasteiger partial charge on any atom is 0.0378 e. The fourth-order valence-electron chi connectivity index (χ4n) is 2.66. The van der Waals surface area contributed by atoms with Gasteiger partial charge in [-0.05, 0) is 24.5 Å². The third-order valence-corrected chi connectivity index (χ3v) is 3.22. The molecule has 0 radical (unpaired) electrons. The predicted octanol–water partition coefficient (Wildman–Crippen LogP) is 2.75. The zero-order valence-corrected chi connectivity index (χ0v) is 7.09. The lowest BCUT2D eigenvalue weighted by atomic mass is 9.98. The van der Waals surface area contributed by atoms with Crippen molar-refractivity contribution in [3.05, 3.63) is 29.8 Å². The Morgan fingerprint density at radius 2 is 2.08 bits per heavy atom. The van der Waals surface area contributed by atoms with Gasteiger partial charge in [0.2, 0.25) is 0 Å². The number of benzene rings is 1. The van der Waals surface area contributed by atoms with Gasteiger partial charge in [0.1, 0.15) is 0 Å². The highest BCUT2D eigenvalue weighted by atomic mass is 15.0. The fraction of sp³-hybridized carbons (Fsp3) is 0.455. The summed E-state index contributed by atoms with van der Waals surface area (Å²) in [6.07, 6.45) is 4.14. The van der Waals surface area contributed by atoms with E-state index in [1.807, 2.05) is 0 Å². The van der Waals surface area contributed by atoms with Crippen LogP contribution in [-0.2, 0) is 0 Å². The molecule has 1 aromatic carbocycles. The Morgan fingerprint density at radius 3 is 3.08 bits per heavy atom. The van der Waals surface area contributed by atoms with Crippen molar-refractivity contribution in [2.75, 3.05) is 5.32 Å². The Labute approximate surface area is 72.8 Å². The minimum atomic E-state index is 0.752. The standard InChI is InChI=1S/C11H13N/c1-2-6-10-8(4-1)9-5-3-7-11(9)12-10/h1-2,4,6,9,11-12H,3,5,7H2/t9-,11+/m0/s1. The van der Waals surface area contributed by atoms with E-state index in [2.05, 4.69) is 29.6 Å². The van der Waals surface area contributed by atoms with Crippen LogP contribution < -0.4 is 5.32 Å². The molecule has 3 rings (SSSR count). The highest BCUT2D eigenvalue weighted by molar-refractivity contribution is 5.59. The van der Waals surface area contributed by atoms with Gasteiger partial charge < -0.3 is 5.32 Å². The molecule has 1 nitrogen and oxygen atoms in total. The average molecular weight is 159 g/mol. The third kappa shape index (κ3) is 0.739. The molecule has 12 heavy (non-hydrogen) atoms. The minimum absolute atomic E-state index is 0.752. The number of anilines is 1. The number of rotatable bonds is 0. The van der Waals surface area contributed by atoms with Crippen LogP contribution in [0.5, 0.6) is 0 Å². The second-order valence-electron chi connectivity index (χ2n) is 3.88. The third-order valence-electron chi connectivity index (χ3n) is 3.22. The number of hydrogen-bond acceptors (Lipinski definition) is 1. The highest BCUT2D eigenvalue weighted by Crippen LogP contribution is 2.44. The van der Waals surface area contributed by atoms with E-state index in [0.29, 0.717) is 0 Å². The first kappa shape index (κ1) is 6.53.